The number of amides is 1. The topological polar surface area (TPSA) is 113 Å². The van der Waals surface area contributed by atoms with Crippen LogP contribution in [0.25, 0.3) is 21.9 Å². The summed E-state index contributed by atoms with van der Waals surface area (Å²) in [5.74, 6) is -1.89. The van der Waals surface area contributed by atoms with Gasteiger partial charge in [0.05, 0.1) is 18.3 Å². The summed E-state index contributed by atoms with van der Waals surface area (Å²) in [5.41, 5.74) is 4.12. The van der Waals surface area contributed by atoms with E-state index < -0.39 is 23.5 Å². The minimum atomic E-state index is -1.39. The van der Waals surface area contributed by atoms with Crippen molar-refractivity contribution in [2.24, 2.45) is 0 Å². The molecular formula is C26H23ClNO6-. The number of aliphatic carboxylic acids is 1. The molecule has 0 aliphatic carbocycles. The third-order valence-corrected chi connectivity index (χ3v) is 6.36. The second-order valence-corrected chi connectivity index (χ2v) is 8.87. The molecule has 0 saturated heterocycles. The van der Waals surface area contributed by atoms with Gasteiger partial charge in [0.2, 0.25) is 5.91 Å². The summed E-state index contributed by atoms with van der Waals surface area (Å²) < 4.78 is 11.2. The Balaban J connectivity index is 1.54. The van der Waals surface area contributed by atoms with E-state index in [4.69, 9.17) is 20.4 Å². The number of carboxylic acid groups (broad SMARTS) is 1. The first-order valence-electron chi connectivity index (χ1n) is 10.8. The van der Waals surface area contributed by atoms with Gasteiger partial charge in [0.1, 0.15) is 11.2 Å². The molecule has 7 nitrogen and oxygen atoms in total. The second-order valence-electron chi connectivity index (χ2n) is 8.44. The van der Waals surface area contributed by atoms with Gasteiger partial charge in [-0.2, -0.15) is 0 Å². The Morgan fingerprint density at radius 3 is 2.44 bits per heavy atom. The number of hydrogen-bond donors (Lipinski definition) is 1. The molecule has 8 heteroatoms. The number of nitrogens with one attached hydrogen (secondary N) is 1. The number of hydrogen-bond acceptors (Lipinski definition) is 6. The lowest BCUT2D eigenvalue weighted by atomic mass is 9.98. The summed E-state index contributed by atoms with van der Waals surface area (Å²) in [7, 11) is 0. The van der Waals surface area contributed by atoms with Crippen LogP contribution in [-0.4, -0.2) is 17.9 Å². The highest BCUT2D eigenvalue weighted by Crippen LogP contribution is 2.32. The summed E-state index contributed by atoms with van der Waals surface area (Å²) in [6.07, 6.45) is 1.75. The second kappa shape index (κ2) is 9.35. The van der Waals surface area contributed by atoms with Crippen molar-refractivity contribution in [3.05, 3.63) is 79.9 Å². The molecule has 2 aromatic carbocycles. The summed E-state index contributed by atoms with van der Waals surface area (Å²) in [6, 6.07) is 7.39. The Kier molecular flexibility index (Phi) is 6.48. The number of rotatable bonds is 7. The zero-order chi connectivity index (χ0) is 24.6. The van der Waals surface area contributed by atoms with Crippen molar-refractivity contribution in [1.82, 2.24) is 5.32 Å². The predicted octanol–water partition coefficient (Wildman–Crippen LogP) is 3.53. The first-order valence-corrected chi connectivity index (χ1v) is 11.2. The molecule has 2 aromatic heterocycles. The van der Waals surface area contributed by atoms with E-state index in [1.165, 1.54) is 0 Å². The van der Waals surface area contributed by atoms with Gasteiger partial charge in [-0.25, -0.2) is 4.79 Å². The number of aryl methyl sites for hydroxylation is 3. The van der Waals surface area contributed by atoms with Crippen LogP contribution in [0.3, 0.4) is 0 Å². The van der Waals surface area contributed by atoms with E-state index in [0.29, 0.717) is 27.3 Å². The SMILES string of the molecule is Cc1coc2c(C)c3oc(=O)c(CCC(=O)N[C@@H](Cc4ccc(Cl)cc4)C(=O)[O-])c(C)c3cc12. The maximum absolute atomic E-state index is 12.7. The smallest absolute Gasteiger partial charge is 0.339 e. The van der Waals surface area contributed by atoms with Gasteiger partial charge in [-0.3, -0.25) is 4.79 Å². The molecule has 2 heterocycles. The van der Waals surface area contributed by atoms with Crippen molar-refractivity contribution >= 4 is 45.4 Å². The average molecular weight is 481 g/mol. The van der Waals surface area contributed by atoms with Crippen LogP contribution in [-0.2, 0) is 22.4 Å². The lowest BCUT2D eigenvalue weighted by Gasteiger charge is -2.20. The Morgan fingerprint density at radius 1 is 1.06 bits per heavy atom. The van der Waals surface area contributed by atoms with Gasteiger partial charge in [0.25, 0.3) is 0 Å². The van der Waals surface area contributed by atoms with Crippen LogP contribution >= 0.6 is 11.6 Å². The maximum atomic E-state index is 12.7. The molecule has 0 unspecified atom stereocenters. The molecule has 1 amide bonds. The molecule has 0 aliphatic heterocycles. The highest BCUT2D eigenvalue weighted by molar-refractivity contribution is 6.30. The van der Waals surface area contributed by atoms with E-state index in [0.717, 1.165) is 27.5 Å². The highest BCUT2D eigenvalue weighted by atomic mass is 35.5. The molecule has 0 radical (unpaired) electrons. The van der Waals surface area contributed by atoms with Crippen LogP contribution in [0.15, 0.2) is 50.2 Å². The summed E-state index contributed by atoms with van der Waals surface area (Å²) >= 11 is 5.86. The fourth-order valence-electron chi connectivity index (χ4n) is 4.16. The van der Waals surface area contributed by atoms with Crippen molar-refractivity contribution in [2.75, 3.05) is 0 Å². The van der Waals surface area contributed by atoms with E-state index in [-0.39, 0.29) is 19.3 Å². The van der Waals surface area contributed by atoms with Crippen LogP contribution in [0.4, 0.5) is 0 Å². The number of fused-ring (bicyclic) bond motifs is 2. The summed E-state index contributed by atoms with van der Waals surface area (Å²) in [6.45, 7) is 5.59. The van der Waals surface area contributed by atoms with E-state index in [1.54, 1.807) is 30.5 Å². The quantitative estimate of drug-likeness (QED) is 0.405. The first-order chi connectivity index (χ1) is 16.2. The largest absolute Gasteiger partial charge is 0.548 e. The van der Waals surface area contributed by atoms with Crippen LogP contribution in [0.2, 0.25) is 5.02 Å². The Morgan fingerprint density at radius 2 is 1.76 bits per heavy atom. The number of benzene rings is 2. The Labute approximate surface area is 200 Å². The molecular weight excluding hydrogens is 458 g/mol. The third-order valence-electron chi connectivity index (χ3n) is 6.11. The van der Waals surface area contributed by atoms with Crippen LogP contribution in [0.5, 0.6) is 0 Å². The van der Waals surface area contributed by atoms with E-state index in [2.05, 4.69) is 5.32 Å². The molecule has 34 heavy (non-hydrogen) atoms. The van der Waals surface area contributed by atoms with Gasteiger partial charge >= 0.3 is 5.63 Å². The van der Waals surface area contributed by atoms with E-state index in [9.17, 15) is 19.5 Å². The molecule has 0 bridgehead atoms. The summed E-state index contributed by atoms with van der Waals surface area (Å²) in [5, 5.41) is 16.3. The van der Waals surface area contributed by atoms with Gasteiger partial charge in [0, 0.05) is 33.3 Å². The van der Waals surface area contributed by atoms with Crippen LogP contribution in [0, 0.1) is 20.8 Å². The predicted molar refractivity (Wildman–Crippen MR) is 127 cm³/mol. The fraction of sp³-hybridized carbons (Fsp3) is 0.269. The van der Waals surface area contributed by atoms with Gasteiger partial charge in [-0.1, -0.05) is 23.7 Å². The monoisotopic (exact) mass is 480 g/mol. The van der Waals surface area contributed by atoms with Crippen molar-refractivity contribution in [3.8, 4) is 0 Å². The normalized spacial score (nSPS) is 12.2. The standard InChI is InChI=1S/C26H24ClNO6/c1-13-12-33-23-15(3)24-20(11-19(13)23)14(2)18(26(32)34-24)8-9-22(29)28-21(25(30)31)10-16-4-6-17(27)7-5-16/h4-7,11-12,21H,8-10H2,1-3H3,(H,28,29)(H,30,31)/p-1/t21-/m0/s1. The van der Waals surface area contributed by atoms with E-state index >= 15 is 0 Å². The Hall–Kier alpha value is -3.58. The molecule has 4 rings (SSSR count). The summed E-state index contributed by atoms with van der Waals surface area (Å²) in [4.78, 5) is 36.8. The van der Waals surface area contributed by atoms with Gasteiger partial charge in [0.15, 0.2) is 0 Å². The zero-order valence-electron chi connectivity index (χ0n) is 19.0. The van der Waals surface area contributed by atoms with Crippen molar-refractivity contribution in [2.45, 2.75) is 46.1 Å². The minimum absolute atomic E-state index is 0.0573. The number of carbonyl (C=O) groups excluding carboxylic acids is 2. The average Bonchev–Trinajstić information content (AvgIpc) is 3.16. The fourth-order valence-corrected chi connectivity index (χ4v) is 4.29. The Bertz CT molecular complexity index is 1470. The van der Waals surface area contributed by atoms with Gasteiger partial charge < -0.3 is 24.1 Å². The molecule has 4 aromatic rings. The molecule has 1 atom stereocenters. The molecule has 176 valence electrons. The minimum Gasteiger partial charge on any atom is -0.548 e. The number of carbonyl (C=O) groups is 2. The van der Waals surface area contributed by atoms with Crippen molar-refractivity contribution in [1.29, 1.82) is 0 Å². The number of halogens is 1. The molecule has 0 spiro atoms. The molecule has 0 saturated carbocycles. The van der Waals surface area contributed by atoms with Gasteiger partial charge in [-0.05, 0) is 68.5 Å². The highest BCUT2D eigenvalue weighted by Gasteiger charge is 2.19. The van der Waals surface area contributed by atoms with E-state index in [1.807, 2.05) is 26.8 Å². The van der Waals surface area contributed by atoms with Crippen LogP contribution in [0.1, 0.15) is 34.2 Å². The first kappa shape index (κ1) is 23.6. The van der Waals surface area contributed by atoms with Crippen LogP contribution < -0.4 is 16.0 Å². The molecule has 1 N–H and O–H groups in total. The lowest BCUT2D eigenvalue weighted by molar-refractivity contribution is -0.308. The zero-order valence-corrected chi connectivity index (χ0v) is 19.7. The van der Waals surface area contributed by atoms with Gasteiger partial charge in [-0.15, -0.1) is 0 Å². The number of carboxylic acids is 1. The number of furan rings is 1. The third kappa shape index (κ3) is 4.56. The van der Waals surface area contributed by atoms with Crippen molar-refractivity contribution < 1.29 is 23.5 Å². The molecule has 0 aliphatic rings. The lowest BCUT2D eigenvalue weighted by Crippen LogP contribution is -2.49. The molecule has 0 fully saturated rings. The maximum Gasteiger partial charge on any atom is 0.339 e. The van der Waals surface area contributed by atoms with Crippen molar-refractivity contribution in [3.63, 3.8) is 0 Å².